The molecule has 6 nitrogen and oxygen atoms in total. The molecular formula is C19H26N2O4S. The first kappa shape index (κ1) is 19.0. The lowest BCUT2D eigenvalue weighted by atomic mass is 10.0. The summed E-state index contributed by atoms with van der Waals surface area (Å²) < 4.78 is 24.4. The molecule has 1 heterocycles. The van der Waals surface area contributed by atoms with Crippen LogP contribution in [0.15, 0.2) is 18.2 Å². The van der Waals surface area contributed by atoms with Crippen LogP contribution in [-0.4, -0.2) is 49.8 Å². The summed E-state index contributed by atoms with van der Waals surface area (Å²) in [6, 6.07) is 5.86. The number of amides is 1. The van der Waals surface area contributed by atoms with Crippen molar-refractivity contribution in [2.45, 2.75) is 51.0 Å². The molecule has 26 heavy (non-hydrogen) atoms. The normalized spacial score (nSPS) is 18.5. The zero-order valence-electron chi connectivity index (χ0n) is 15.2. The number of piperidine rings is 1. The Bertz CT molecular complexity index is 796. The largest absolute Gasteiger partial charge is 0.353 e. The maximum atomic E-state index is 12.3. The molecule has 1 aliphatic carbocycles. The number of Topliss-reactive ketones (excluding diaryl/α,β-unsaturated/α-hetero) is 1. The topological polar surface area (TPSA) is 83.6 Å². The highest BCUT2D eigenvalue weighted by Gasteiger charge is 2.25. The Labute approximate surface area is 155 Å². The zero-order chi connectivity index (χ0) is 18.7. The molecule has 1 aromatic carbocycles. The highest BCUT2D eigenvalue weighted by atomic mass is 32.2. The Balaban J connectivity index is 1.44. The summed E-state index contributed by atoms with van der Waals surface area (Å²) in [5, 5.41) is 2.93. The van der Waals surface area contributed by atoms with Gasteiger partial charge in [-0.2, -0.15) is 0 Å². The molecule has 2 aliphatic rings. The predicted molar refractivity (Wildman–Crippen MR) is 99.6 cm³/mol. The van der Waals surface area contributed by atoms with E-state index in [9.17, 15) is 18.0 Å². The number of ketones is 1. The Kier molecular flexibility index (Phi) is 5.77. The van der Waals surface area contributed by atoms with Gasteiger partial charge in [0.15, 0.2) is 5.78 Å². The van der Waals surface area contributed by atoms with Gasteiger partial charge in [-0.25, -0.2) is 12.7 Å². The SMILES string of the molecule is CS(=O)(=O)N1CCC(NC(=O)CCC(=O)c2ccc3c(c2)CCC3)CC1. The Morgan fingerprint density at radius 1 is 1.12 bits per heavy atom. The first-order valence-corrected chi connectivity index (χ1v) is 11.1. The number of sulfonamides is 1. The second-order valence-electron chi connectivity index (χ2n) is 7.26. The van der Waals surface area contributed by atoms with Crippen LogP contribution in [-0.2, 0) is 27.7 Å². The quantitative estimate of drug-likeness (QED) is 0.764. The van der Waals surface area contributed by atoms with Crippen LogP contribution in [0.2, 0.25) is 0 Å². The summed E-state index contributed by atoms with van der Waals surface area (Å²) in [6.07, 6.45) is 6.06. The minimum absolute atomic E-state index is 0.00162. The fourth-order valence-electron chi connectivity index (χ4n) is 3.75. The third-order valence-corrected chi connectivity index (χ3v) is 6.59. The van der Waals surface area contributed by atoms with E-state index in [1.54, 1.807) is 0 Å². The second-order valence-corrected chi connectivity index (χ2v) is 9.25. The van der Waals surface area contributed by atoms with Gasteiger partial charge in [-0.3, -0.25) is 9.59 Å². The van der Waals surface area contributed by atoms with E-state index in [-0.39, 0.29) is 30.6 Å². The molecule has 0 bridgehead atoms. The van der Waals surface area contributed by atoms with Gasteiger partial charge in [-0.15, -0.1) is 0 Å². The lowest BCUT2D eigenvalue weighted by Crippen LogP contribution is -2.46. The maximum absolute atomic E-state index is 12.3. The van der Waals surface area contributed by atoms with Gasteiger partial charge in [0.05, 0.1) is 6.26 Å². The first-order chi connectivity index (χ1) is 12.3. The minimum atomic E-state index is -3.16. The first-order valence-electron chi connectivity index (χ1n) is 9.22. The molecule has 0 radical (unpaired) electrons. The Morgan fingerprint density at radius 2 is 1.81 bits per heavy atom. The molecule has 1 N–H and O–H groups in total. The van der Waals surface area contributed by atoms with Gasteiger partial charge in [-0.05, 0) is 49.3 Å². The van der Waals surface area contributed by atoms with Crippen molar-refractivity contribution in [1.29, 1.82) is 0 Å². The summed E-state index contributed by atoms with van der Waals surface area (Å²) >= 11 is 0. The summed E-state index contributed by atoms with van der Waals surface area (Å²) in [5.74, 6) is -0.140. The van der Waals surface area contributed by atoms with E-state index < -0.39 is 10.0 Å². The van der Waals surface area contributed by atoms with Crippen molar-refractivity contribution in [3.05, 3.63) is 34.9 Å². The van der Waals surface area contributed by atoms with Gasteiger partial charge in [-0.1, -0.05) is 12.1 Å². The average Bonchev–Trinajstić information content (AvgIpc) is 3.07. The Hall–Kier alpha value is -1.73. The number of hydrogen-bond acceptors (Lipinski definition) is 4. The predicted octanol–water partition coefficient (Wildman–Crippen LogP) is 1.68. The van der Waals surface area contributed by atoms with Crippen molar-refractivity contribution in [3.63, 3.8) is 0 Å². The van der Waals surface area contributed by atoms with Crippen LogP contribution in [0.25, 0.3) is 0 Å². The van der Waals surface area contributed by atoms with E-state index in [0.29, 0.717) is 31.5 Å². The number of nitrogens with zero attached hydrogens (tertiary/aromatic N) is 1. The second kappa shape index (κ2) is 7.88. The summed E-state index contributed by atoms with van der Waals surface area (Å²) in [7, 11) is -3.16. The number of benzene rings is 1. The van der Waals surface area contributed by atoms with Crippen molar-refractivity contribution in [2.75, 3.05) is 19.3 Å². The standard InChI is InChI=1S/C19H26N2O4S/c1-26(24,25)21-11-9-17(10-12-21)20-19(23)8-7-18(22)16-6-5-14-3-2-4-15(14)13-16/h5-6,13,17H,2-4,7-12H2,1H3,(H,20,23). The molecule has 1 saturated heterocycles. The van der Waals surface area contributed by atoms with E-state index in [1.165, 1.54) is 21.7 Å². The minimum Gasteiger partial charge on any atom is -0.353 e. The van der Waals surface area contributed by atoms with Gasteiger partial charge in [0.1, 0.15) is 0 Å². The molecule has 0 spiro atoms. The van der Waals surface area contributed by atoms with Crippen LogP contribution < -0.4 is 5.32 Å². The van der Waals surface area contributed by atoms with Crippen LogP contribution in [0.5, 0.6) is 0 Å². The molecule has 0 atom stereocenters. The molecule has 7 heteroatoms. The molecule has 0 aromatic heterocycles. The smallest absolute Gasteiger partial charge is 0.220 e. The molecule has 1 aliphatic heterocycles. The van der Waals surface area contributed by atoms with Crippen LogP contribution in [0.4, 0.5) is 0 Å². The van der Waals surface area contributed by atoms with Gasteiger partial charge in [0.2, 0.25) is 15.9 Å². The fraction of sp³-hybridized carbons (Fsp3) is 0.579. The number of rotatable bonds is 6. The van der Waals surface area contributed by atoms with Crippen LogP contribution in [0.3, 0.4) is 0 Å². The average molecular weight is 378 g/mol. The lowest BCUT2D eigenvalue weighted by molar-refractivity contribution is -0.122. The zero-order valence-corrected chi connectivity index (χ0v) is 16.0. The van der Waals surface area contributed by atoms with Gasteiger partial charge >= 0.3 is 0 Å². The van der Waals surface area contributed by atoms with Gasteiger partial charge < -0.3 is 5.32 Å². The molecule has 1 amide bonds. The van der Waals surface area contributed by atoms with Crippen molar-refractivity contribution >= 4 is 21.7 Å². The van der Waals surface area contributed by atoms with Crippen molar-refractivity contribution in [1.82, 2.24) is 9.62 Å². The highest BCUT2D eigenvalue weighted by molar-refractivity contribution is 7.88. The molecule has 142 valence electrons. The number of aryl methyl sites for hydroxylation is 2. The molecule has 1 fully saturated rings. The van der Waals surface area contributed by atoms with Crippen molar-refractivity contribution < 1.29 is 18.0 Å². The third-order valence-electron chi connectivity index (χ3n) is 5.29. The van der Waals surface area contributed by atoms with Crippen LogP contribution >= 0.6 is 0 Å². The molecule has 0 unspecified atom stereocenters. The molecular weight excluding hydrogens is 352 g/mol. The van der Waals surface area contributed by atoms with E-state index in [2.05, 4.69) is 5.32 Å². The van der Waals surface area contributed by atoms with Crippen LogP contribution in [0, 0.1) is 0 Å². The van der Waals surface area contributed by atoms with E-state index in [4.69, 9.17) is 0 Å². The van der Waals surface area contributed by atoms with E-state index >= 15 is 0 Å². The fourth-order valence-corrected chi connectivity index (χ4v) is 4.62. The van der Waals surface area contributed by atoms with Crippen LogP contribution in [0.1, 0.15) is 53.6 Å². The number of carbonyl (C=O) groups excluding carboxylic acids is 2. The molecule has 3 rings (SSSR count). The number of hydrogen-bond donors (Lipinski definition) is 1. The summed E-state index contributed by atoms with van der Waals surface area (Å²) in [6.45, 7) is 0.857. The van der Waals surface area contributed by atoms with Crippen molar-refractivity contribution in [3.8, 4) is 0 Å². The van der Waals surface area contributed by atoms with Gasteiger partial charge in [0, 0.05) is 37.5 Å². The van der Waals surface area contributed by atoms with Crippen molar-refractivity contribution in [2.24, 2.45) is 0 Å². The number of nitrogens with one attached hydrogen (secondary N) is 1. The maximum Gasteiger partial charge on any atom is 0.220 e. The number of carbonyl (C=O) groups is 2. The Morgan fingerprint density at radius 3 is 2.50 bits per heavy atom. The lowest BCUT2D eigenvalue weighted by Gasteiger charge is -2.30. The van der Waals surface area contributed by atoms with E-state index in [0.717, 1.165) is 19.3 Å². The highest BCUT2D eigenvalue weighted by Crippen LogP contribution is 2.23. The van der Waals surface area contributed by atoms with E-state index in [1.807, 2.05) is 18.2 Å². The third kappa shape index (κ3) is 4.71. The molecule has 0 saturated carbocycles. The summed E-state index contributed by atoms with van der Waals surface area (Å²) in [5.41, 5.74) is 3.29. The number of fused-ring (bicyclic) bond motifs is 1. The van der Waals surface area contributed by atoms with Gasteiger partial charge in [0.25, 0.3) is 0 Å². The summed E-state index contributed by atoms with van der Waals surface area (Å²) in [4.78, 5) is 24.5. The molecule has 1 aromatic rings. The monoisotopic (exact) mass is 378 g/mol.